The molecule has 0 saturated carbocycles. The molecule has 0 unspecified atom stereocenters. The minimum absolute atomic E-state index is 0.113. The smallest absolute Gasteiger partial charge is 0.271 e. The van der Waals surface area contributed by atoms with Crippen molar-refractivity contribution in [1.82, 2.24) is 9.38 Å². The molecule has 3 N–H and O–H groups in total. The molecule has 2 heterocycles. The van der Waals surface area contributed by atoms with Gasteiger partial charge in [0.15, 0.2) is 6.61 Å². The Balaban J connectivity index is 2.22. The van der Waals surface area contributed by atoms with Gasteiger partial charge in [-0.05, 0) is 30.7 Å². The summed E-state index contributed by atoms with van der Waals surface area (Å²) in [5.41, 5.74) is 2.54. The molecule has 0 fully saturated rings. The molecule has 2 aromatic heterocycles. The van der Waals surface area contributed by atoms with E-state index < -0.39 is 0 Å². The molecule has 106 valence electrons. The van der Waals surface area contributed by atoms with E-state index in [0.29, 0.717) is 17.0 Å². The minimum Gasteiger partial charge on any atom is -0.442 e. The summed E-state index contributed by atoms with van der Waals surface area (Å²) >= 11 is 0. The second-order valence-corrected chi connectivity index (χ2v) is 4.80. The highest BCUT2D eigenvalue weighted by Crippen LogP contribution is 2.18. The maximum Gasteiger partial charge on any atom is 0.271 e. The van der Waals surface area contributed by atoms with Crippen molar-refractivity contribution in [2.45, 2.75) is 13.5 Å². The third-order valence-electron chi connectivity index (χ3n) is 3.36. The van der Waals surface area contributed by atoms with Crippen LogP contribution in [0.2, 0.25) is 0 Å². The summed E-state index contributed by atoms with van der Waals surface area (Å²) in [7, 11) is 0. The number of fused-ring (bicyclic) bond motifs is 1. The molecule has 5 heteroatoms. The molecular formula is C16H16N3O2+. The van der Waals surface area contributed by atoms with E-state index in [1.54, 1.807) is 6.20 Å². The lowest BCUT2D eigenvalue weighted by Gasteiger charge is -2.11. The lowest BCUT2D eigenvalue weighted by molar-refractivity contribution is 0.280. The van der Waals surface area contributed by atoms with Crippen molar-refractivity contribution in [3.63, 3.8) is 0 Å². The number of rotatable bonds is 3. The van der Waals surface area contributed by atoms with Gasteiger partial charge in [-0.1, -0.05) is 24.3 Å². The summed E-state index contributed by atoms with van der Waals surface area (Å²) in [5, 5.41) is 10.8. The highest BCUT2D eigenvalue weighted by Gasteiger charge is 2.14. The van der Waals surface area contributed by atoms with Gasteiger partial charge in [0.05, 0.1) is 0 Å². The summed E-state index contributed by atoms with van der Waals surface area (Å²) in [6.07, 6.45) is 1.68. The van der Waals surface area contributed by atoms with E-state index in [1.165, 1.54) is 4.40 Å². The molecule has 0 aliphatic heterocycles. The number of anilines is 2. The molecule has 0 amide bonds. The second kappa shape index (κ2) is 5.38. The predicted molar refractivity (Wildman–Crippen MR) is 83.2 cm³/mol. The highest BCUT2D eigenvalue weighted by atomic mass is 16.3. The Bertz CT molecular complexity index is 841. The van der Waals surface area contributed by atoms with E-state index in [1.807, 2.05) is 49.4 Å². The van der Waals surface area contributed by atoms with Crippen molar-refractivity contribution < 1.29 is 5.11 Å². The molecule has 0 aliphatic carbocycles. The number of nitrogens with zero attached hydrogens (tertiary/aromatic N) is 2. The van der Waals surface area contributed by atoms with Crippen LogP contribution < -0.4 is 10.9 Å². The third kappa shape index (κ3) is 2.39. The molecule has 0 atom stereocenters. The van der Waals surface area contributed by atoms with Gasteiger partial charge < -0.3 is 10.4 Å². The normalized spacial score (nSPS) is 10.8. The molecule has 21 heavy (non-hydrogen) atoms. The van der Waals surface area contributed by atoms with Gasteiger partial charge >= 0.3 is 0 Å². The van der Waals surface area contributed by atoms with Crippen LogP contribution in [0.4, 0.5) is 11.5 Å². The van der Waals surface area contributed by atoms with Gasteiger partial charge in [0.2, 0.25) is 0 Å². The predicted octanol–water partition coefficient (Wildman–Crippen LogP) is 1.97. The van der Waals surface area contributed by atoms with Crippen LogP contribution in [0.3, 0.4) is 0 Å². The first kappa shape index (κ1) is 13.3. The average molecular weight is 282 g/mol. The first-order valence-electron chi connectivity index (χ1n) is 6.68. The zero-order chi connectivity index (χ0) is 14.8. The SMILES string of the molecule is Cc1cccn2c(=O)c(C[OH2+])c(Nc3ccccc3)nc12. The van der Waals surface area contributed by atoms with E-state index in [9.17, 15) is 4.79 Å². The maximum absolute atomic E-state index is 12.5. The van der Waals surface area contributed by atoms with Crippen molar-refractivity contribution >= 4 is 17.2 Å². The van der Waals surface area contributed by atoms with Crippen LogP contribution in [0.5, 0.6) is 0 Å². The van der Waals surface area contributed by atoms with Gasteiger partial charge in [0.1, 0.15) is 17.0 Å². The fraction of sp³-hybridized carbons (Fsp3) is 0.125. The zero-order valence-electron chi connectivity index (χ0n) is 11.6. The fourth-order valence-electron chi connectivity index (χ4n) is 2.26. The number of benzene rings is 1. The lowest BCUT2D eigenvalue weighted by atomic mass is 10.2. The molecule has 0 spiro atoms. The second-order valence-electron chi connectivity index (χ2n) is 4.80. The molecule has 0 aliphatic rings. The van der Waals surface area contributed by atoms with Crippen molar-refractivity contribution in [2.75, 3.05) is 5.32 Å². The van der Waals surface area contributed by atoms with Gasteiger partial charge in [-0.3, -0.25) is 9.20 Å². The number of hydrogen-bond acceptors (Lipinski definition) is 3. The zero-order valence-corrected chi connectivity index (χ0v) is 11.6. The van der Waals surface area contributed by atoms with Crippen molar-refractivity contribution in [2.24, 2.45) is 0 Å². The van der Waals surface area contributed by atoms with Gasteiger partial charge in [-0.25, -0.2) is 4.98 Å². The average Bonchev–Trinajstić information content (AvgIpc) is 2.50. The van der Waals surface area contributed by atoms with Crippen LogP contribution >= 0.6 is 0 Å². The molecular weight excluding hydrogens is 266 g/mol. The Labute approximate surface area is 121 Å². The molecule has 0 saturated heterocycles. The summed E-state index contributed by atoms with van der Waals surface area (Å²) in [4.78, 5) is 17.0. The first-order valence-corrected chi connectivity index (χ1v) is 6.68. The number of pyridine rings is 1. The van der Waals surface area contributed by atoms with Crippen LogP contribution in [0.25, 0.3) is 5.65 Å². The van der Waals surface area contributed by atoms with Crippen molar-refractivity contribution in [3.8, 4) is 0 Å². The van der Waals surface area contributed by atoms with E-state index in [2.05, 4.69) is 10.3 Å². The first-order chi connectivity index (χ1) is 10.2. The summed E-state index contributed by atoms with van der Waals surface area (Å²) in [6, 6.07) is 13.2. The summed E-state index contributed by atoms with van der Waals surface area (Å²) in [5.74, 6) is 0.454. The third-order valence-corrected chi connectivity index (χ3v) is 3.36. The van der Waals surface area contributed by atoms with Crippen LogP contribution in [0.15, 0.2) is 53.5 Å². The Morgan fingerprint density at radius 2 is 1.95 bits per heavy atom. The van der Waals surface area contributed by atoms with E-state index in [0.717, 1.165) is 11.3 Å². The number of nitrogens with one attached hydrogen (secondary N) is 1. The Morgan fingerprint density at radius 3 is 2.67 bits per heavy atom. The molecule has 3 rings (SSSR count). The standard InChI is InChI=1S/C16H15N3O2/c1-11-6-5-9-19-15(11)18-14(13(10-20)16(19)21)17-12-7-3-2-4-8-12/h2-9,17,20H,10H2,1H3/p+1. The van der Waals surface area contributed by atoms with Gasteiger partial charge in [0.25, 0.3) is 5.56 Å². The van der Waals surface area contributed by atoms with E-state index in [-0.39, 0.29) is 12.2 Å². The summed E-state index contributed by atoms with van der Waals surface area (Å²) < 4.78 is 1.50. The van der Waals surface area contributed by atoms with Crippen LogP contribution in [0.1, 0.15) is 11.1 Å². The van der Waals surface area contributed by atoms with E-state index >= 15 is 0 Å². The molecule has 0 radical (unpaired) electrons. The number of hydrogen-bond donors (Lipinski definition) is 1. The van der Waals surface area contributed by atoms with Crippen LogP contribution in [-0.2, 0) is 6.61 Å². The number of para-hydroxylation sites is 1. The lowest BCUT2D eigenvalue weighted by Crippen LogP contribution is -2.22. The quantitative estimate of drug-likeness (QED) is 0.747. The highest BCUT2D eigenvalue weighted by molar-refractivity contribution is 5.62. The van der Waals surface area contributed by atoms with Gasteiger partial charge in [-0.2, -0.15) is 0 Å². The number of aryl methyl sites for hydroxylation is 1. The summed E-state index contributed by atoms with van der Waals surface area (Å²) in [6.45, 7) is 1.80. The maximum atomic E-state index is 12.5. The Morgan fingerprint density at radius 1 is 1.19 bits per heavy atom. The van der Waals surface area contributed by atoms with E-state index in [4.69, 9.17) is 5.11 Å². The van der Waals surface area contributed by atoms with Crippen molar-refractivity contribution in [3.05, 3.63) is 70.1 Å². The van der Waals surface area contributed by atoms with Gasteiger partial charge in [-0.15, -0.1) is 0 Å². The largest absolute Gasteiger partial charge is 0.442 e. The molecule has 0 bridgehead atoms. The van der Waals surface area contributed by atoms with Crippen LogP contribution in [-0.4, -0.2) is 14.5 Å². The molecule has 1 aromatic carbocycles. The topological polar surface area (TPSA) is 69.3 Å². The minimum atomic E-state index is -0.197. The van der Waals surface area contributed by atoms with Crippen molar-refractivity contribution in [1.29, 1.82) is 0 Å². The Hall–Kier alpha value is -2.66. The Kier molecular flexibility index (Phi) is 3.41. The van der Waals surface area contributed by atoms with Gasteiger partial charge in [0, 0.05) is 11.9 Å². The van der Waals surface area contributed by atoms with Crippen LogP contribution in [0, 0.1) is 6.92 Å². The number of aromatic nitrogens is 2. The molecule has 5 nitrogen and oxygen atoms in total. The molecule has 3 aromatic rings. The fourth-order valence-corrected chi connectivity index (χ4v) is 2.26. The monoisotopic (exact) mass is 282 g/mol.